The van der Waals surface area contributed by atoms with Crippen LogP contribution in [0.4, 0.5) is 0 Å². The second-order valence-electron chi connectivity index (χ2n) is 8.45. The predicted molar refractivity (Wildman–Crippen MR) is 140 cm³/mol. The van der Waals surface area contributed by atoms with E-state index in [2.05, 4.69) is 14.8 Å². The monoisotopic (exact) mass is 513 g/mol. The summed E-state index contributed by atoms with van der Waals surface area (Å²) in [5, 5.41) is 0. The molecule has 1 saturated heterocycles. The first kappa shape index (κ1) is 27.8. The van der Waals surface area contributed by atoms with Gasteiger partial charge >= 0.3 is 0 Å². The molecule has 1 amide bonds. The average molecular weight is 514 g/mol. The normalized spacial score (nSPS) is 14.1. The summed E-state index contributed by atoms with van der Waals surface area (Å²) in [5.41, 5.74) is 12.2. The molecule has 0 atom stereocenters. The largest absolute Gasteiger partial charge is 0.493 e. The SMILES string of the molecule is CCOc1ccc(C(=O)CN2CCN(Cc3ccc(OC)c(OC)c3OC)CC2)cc1C(=O)N=C(N)N. The van der Waals surface area contributed by atoms with Crippen molar-refractivity contribution in [3.8, 4) is 23.0 Å². The molecule has 11 nitrogen and oxygen atoms in total. The van der Waals surface area contributed by atoms with Crippen LogP contribution in [0.5, 0.6) is 23.0 Å². The summed E-state index contributed by atoms with van der Waals surface area (Å²) < 4.78 is 22.0. The van der Waals surface area contributed by atoms with Crippen LogP contribution >= 0.6 is 0 Å². The Balaban J connectivity index is 1.64. The van der Waals surface area contributed by atoms with Crippen LogP contribution in [0, 0.1) is 0 Å². The minimum atomic E-state index is -0.655. The number of rotatable bonds is 11. The molecule has 0 bridgehead atoms. The fourth-order valence-electron chi connectivity index (χ4n) is 4.26. The molecule has 0 aliphatic carbocycles. The highest BCUT2D eigenvalue weighted by Gasteiger charge is 2.23. The standard InChI is InChI=1S/C26H35N5O6/c1-5-37-21-8-6-17(14-19(21)25(33)29-26(27)28)20(32)16-31-12-10-30(11-13-31)15-18-7-9-22(34-2)24(36-4)23(18)35-3/h6-9,14H,5,10-13,15-16H2,1-4H3,(H4,27,28,29,33). The molecular formula is C26H35N5O6. The second kappa shape index (κ2) is 12.9. The molecule has 200 valence electrons. The van der Waals surface area contributed by atoms with Crippen molar-refractivity contribution in [1.82, 2.24) is 9.80 Å². The summed E-state index contributed by atoms with van der Waals surface area (Å²) >= 11 is 0. The molecule has 1 fully saturated rings. The van der Waals surface area contributed by atoms with E-state index in [-0.39, 0.29) is 23.9 Å². The van der Waals surface area contributed by atoms with Crippen LogP contribution in [-0.4, -0.2) is 88.1 Å². The summed E-state index contributed by atoms with van der Waals surface area (Å²) in [7, 11) is 4.79. The lowest BCUT2D eigenvalue weighted by molar-refractivity contribution is 0.0842. The number of hydrogen-bond acceptors (Lipinski definition) is 8. The van der Waals surface area contributed by atoms with Crippen LogP contribution in [0.1, 0.15) is 33.2 Å². The molecule has 37 heavy (non-hydrogen) atoms. The molecule has 0 unspecified atom stereocenters. The summed E-state index contributed by atoms with van der Waals surface area (Å²) in [6.07, 6.45) is 0. The molecule has 0 aromatic heterocycles. The number of piperazine rings is 1. The first-order valence-electron chi connectivity index (χ1n) is 12.0. The fraction of sp³-hybridized carbons (Fsp3) is 0.423. The summed E-state index contributed by atoms with van der Waals surface area (Å²) in [6, 6.07) is 8.58. The van der Waals surface area contributed by atoms with Gasteiger partial charge in [0.25, 0.3) is 5.91 Å². The van der Waals surface area contributed by atoms with Gasteiger partial charge in [-0.25, -0.2) is 0 Å². The third-order valence-electron chi connectivity index (χ3n) is 6.07. The Kier molecular flexibility index (Phi) is 9.70. The number of carbonyl (C=O) groups excluding carboxylic acids is 2. The van der Waals surface area contributed by atoms with E-state index in [0.717, 1.165) is 31.7 Å². The Labute approximate surface area is 216 Å². The third-order valence-corrected chi connectivity index (χ3v) is 6.07. The molecule has 4 N–H and O–H groups in total. The van der Waals surface area contributed by atoms with Gasteiger partial charge in [-0.15, -0.1) is 0 Å². The maximum absolute atomic E-state index is 13.0. The topological polar surface area (TPSA) is 142 Å². The van der Waals surface area contributed by atoms with Gasteiger partial charge in [0.2, 0.25) is 5.75 Å². The number of methoxy groups -OCH3 is 3. The maximum Gasteiger partial charge on any atom is 0.283 e. The smallest absolute Gasteiger partial charge is 0.283 e. The lowest BCUT2D eigenvalue weighted by Gasteiger charge is -2.34. The van der Waals surface area contributed by atoms with E-state index in [0.29, 0.717) is 41.7 Å². The van der Waals surface area contributed by atoms with Crippen molar-refractivity contribution in [1.29, 1.82) is 0 Å². The van der Waals surface area contributed by atoms with Crippen LogP contribution in [0.2, 0.25) is 0 Å². The minimum Gasteiger partial charge on any atom is -0.493 e. The van der Waals surface area contributed by atoms with Crippen molar-refractivity contribution >= 4 is 17.6 Å². The Hall–Kier alpha value is -3.83. The maximum atomic E-state index is 13.0. The number of aliphatic imine (C=N–C) groups is 1. The van der Waals surface area contributed by atoms with Gasteiger partial charge in [0.1, 0.15) is 5.75 Å². The summed E-state index contributed by atoms with van der Waals surface area (Å²) in [5.74, 6) is 1.06. The van der Waals surface area contributed by atoms with Gasteiger partial charge in [-0.05, 0) is 31.2 Å². The van der Waals surface area contributed by atoms with E-state index in [9.17, 15) is 9.59 Å². The first-order valence-corrected chi connectivity index (χ1v) is 12.0. The van der Waals surface area contributed by atoms with Crippen molar-refractivity contribution in [3.05, 3.63) is 47.0 Å². The summed E-state index contributed by atoms with van der Waals surface area (Å²) in [4.78, 5) is 33.5. The second-order valence-corrected chi connectivity index (χ2v) is 8.45. The zero-order valence-corrected chi connectivity index (χ0v) is 21.8. The number of hydrogen-bond donors (Lipinski definition) is 2. The number of benzene rings is 2. The molecule has 1 heterocycles. The Morgan fingerprint density at radius 2 is 1.54 bits per heavy atom. The zero-order chi connectivity index (χ0) is 26.9. The highest BCUT2D eigenvalue weighted by molar-refractivity contribution is 6.06. The number of nitrogens with two attached hydrogens (primary N) is 2. The molecule has 1 aliphatic rings. The van der Waals surface area contributed by atoms with E-state index in [4.69, 9.17) is 30.4 Å². The van der Waals surface area contributed by atoms with E-state index < -0.39 is 5.91 Å². The van der Waals surface area contributed by atoms with E-state index in [1.54, 1.807) is 40.4 Å². The van der Waals surface area contributed by atoms with Gasteiger partial charge in [-0.3, -0.25) is 19.4 Å². The number of Topliss-reactive ketones (excluding diaryl/α,β-unsaturated/α-hetero) is 1. The highest BCUT2D eigenvalue weighted by Crippen LogP contribution is 2.40. The Bertz CT molecular complexity index is 1140. The number of carbonyl (C=O) groups is 2. The third kappa shape index (κ3) is 6.89. The molecule has 0 saturated carbocycles. The quantitative estimate of drug-likeness (QED) is 0.258. The molecule has 2 aromatic rings. The number of guanidine groups is 1. The number of ketones is 1. The van der Waals surface area contributed by atoms with Crippen molar-refractivity contribution in [2.24, 2.45) is 16.5 Å². The molecular weight excluding hydrogens is 478 g/mol. The van der Waals surface area contributed by atoms with Crippen molar-refractivity contribution in [3.63, 3.8) is 0 Å². The van der Waals surface area contributed by atoms with Crippen LogP contribution in [-0.2, 0) is 6.54 Å². The van der Waals surface area contributed by atoms with Crippen LogP contribution < -0.4 is 30.4 Å². The van der Waals surface area contributed by atoms with E-state index in [1.165, 1.54) is 6.07 Å². The Morgan fingerprint density at radius 1 is 0.892 bits per heavy atom. The lowest BCUT2D eigenvalue weighted by Crippen LogP contribution is -2.47. The van der Waals surface area contributed by atoms with Gasteiger partial charge < -0.3 is 30.4 Å². The summed E-state index contributed by atoms with van der Waals surface area (Å²) in [6.45, 7) is 6.07. The Morgan fingerprint density at radius 3 is 2.14 bits per heavy atom. The van der Waals surface area contributed by atoms with Crippen molar-refractivity contribution in [2.75, 3.05) is 60.7 Å². The fourth-order valence-corrected chi connectivity index (χ4v) is 4.26. The van der Waals surface area contributed by atoms with Gasteiger partial charge in [0, 0.05) is 43.9 Å². The van der Waals surface area contributed by atoms with Crippen LogP contribution in [0.3, 0.4) is 0 Å². The van der Waals surface area contributed by atoms with E-state index >= 15 is 0 Å². The van der Waals surface area contributed by atoms with E-state index in [1.807, 2.05) is 12.1 Å². The van der Waals surface area contributed by atoms with Gasteiger partial charge in [-0.1, -0.05) is 6.07 Å². The van der Waals surface area contributed by atoms with Gasteiger partial charge in [0.15, 0.2) is 23.2 Å². The predicted octanol–water partition coefficient (Wildman–Crippen LogP) is 1.53. The number of ether oxygens (including phenoxy) is 4. The first-order chi connectivity index (χ1) is 17.8. The van der Waals surface area contributed by atoms with Crippen LogP contribution in [0.25, 0.3) is 0 Å². The minimum absolute atomic E-state index is 0.100. The zero-order valence-electron chi connectivity index (χ0n) is 21.8. The molecule has 11 heteroatoms. The van der Waals surface area contributed by atoms with Crippen molar-refractivity contribution < 1.29 is 28.5 Å². The molecule has 0 spiro atoms. The number of amides is 1. The van der Waals surface area contributed by atoms with Crippen LogP contribution in [0.15, 0.2) is 35.3 Å². The highest BCUT2D eigenvalue weighted by atomic mass is 16.5. The van der Waals surface area contributed by atoms with Gasteiger partial charge in [-0.2, -0.15) is 4.99 Å². The van der Waals surface area contributed by atoms with Crippen molar-refractivity contribution in [2.45, 2.75) is 13.5 Å². The number of nitrogens with zero attached hydrogens (tertiary/aromatic N) is 3. The molecule has 1 aliphatic heterocycles. The lowest BCUT2D eigenvalue weighted by atomic mass is 10.0. The van der Waals surface area contributed by atoms with Gasteiger partial charge in [0.05, 0.1) is 40.0 Å². The molecule has 0 radical (unpaired) electrons. The molecule has 2 aromatic carbocycles. The average Bonchev–Trinajstić information content (AvgIpc) is 2.89. The molecule has 3 rings (SSSR count).